The second-order valence-electron chi connectivity index (χ2n) is 4.81. The van der Waals surface area contributed by atoms with Gasteiger partial charge in [-0.3, -0.25) is 0 Å². The van der Waals surface area contributed by atoms with Crippen LogP contribution in [-0.4, -0.2) is 18.1 Å². The molecule has 0 amide bonds. The normalized spacial score (nSPS) is 10.6. The summed E-state index contributed by atoms with van der Waals surface area (Å²) in [5.41, 5.74) is 1.22. The van der Waals surface area contributed by atoms with E-state index in [-0.39, 0.29) is 11.4 Å². The molecule has 0 saturated heterocycles. The highest BCUT2D eigenvalue weighted by Crippen LogP contribution is 2.28. The Morgan fingerprint density at radius 2 is 1.87 bits per heavy atom. The lowest BCUT2D eigenvalue weighted by Gasteiger charge is -2.12. The van der Waals surface area contributed by atoms with Crippen molar-refractivity contribution < 1.29 is 18.3 Å². The summed E-state index contributed by atoms with van der Waals surface area (Å²) in [5, 5.41) is 3.57. The molecule has 1 heterocycles. The van der Waals surface area contributed by atoms with E-state index in [1.165, 1.54) is 19.2 Å². The molecule has 0 aliphatic rings. The Morgan fingerprint density at radius 3 is 2.61 bits per heavy atom. The van der Waals surface area contributed by atoms with E-state index >= 15 is 0 Å². The van der Waals surface area contributed by atoms with Crippen molar-refractivity contribution in [3.63, 3.8) is 0 Å². The van der Waals surface area contributed by atoms with Crippen LogP contribution < -0.4 is 5.32 Å². The number of carbonyl (C=O) groups is 1. The van der Waals surface area contributed by atoms with E-state index in [0.29, 0.717) is 16.6 Å². The molecule has 0 radical (unpaired) electrons. The monoisotopic (exact) mass is 314 g/mol. The van der Waals surface area contributed by atoms with Gasteiger partial charge in [0, 0.05) is 11.5 Å². The quantitative estimate of drug-likeness (QED) is 0.741. The van der Waals surface area contributed by atoms with Gasteiger partial charge in [0.05, 0.1) is 24.0 Å². The third-order valence-corrected chi connectivity index (χ3v) is 3.31. The lowest BCUT2D eigenvalue weighted by Crippen LogP contribution is -2.06. The Morgan fingerprint density at radius 1 is 1.09 bits per heavy atom. The topological polar surface area (TPSA) is 51.2 Å². The van der Waals surface area contributed by atoms with Crippen molar-refractivity contribution in [1.82, 2.24) is 4.98 Å². The SMILES string of the molecule is COC(=O)c1cc(Nc2ccc(F)cc2F)c2ccccc2n1. The second-order valence-corrected chi connectivity index (χ2v) is 4.81. The summed E-state index contributed by atoms with van der Waals surface area (Å²) in [4.78, 5) is 16.0. The fraction of sp³-hybridized carbons (Fsp3) is 0.0588. The Hall–Kier alpha value is -3.02. The molecular weight excluding hydrogens is 302 g/mol. The number of aromatic nitrogens is 1. The molecule has 0 fully saturated rings. The molecule has 3 aromatic rings. The van der Waals surface area contributed by atoms with Crippen molar-refractivity contribution in [3.05, 3.63) is 65.9 Å². The molecule has 1 aromatic heterocycles. The summed E-state index contributed by atoms with van der Waals surface area (Å²) in [6.45, 7) is 0. The predicted octanol–water partition coefficient (Wildman–Crippen LogP) is 4.04. The number of anilines is 2. The van der Waals surface area contributed by atoms with Crippen LogP contribution >= 0.6 is 0 Å². The van der Waals surface area contributed by atoms with Crippen molar-refractivity contribution in [2.45, 2.75) is 0 Å². The molecule has 0 aliphatic carbocycles. The molecule has 2 aromatic carbocycles. The van der Waals surface area contributed by atoms with Crippen LogP contribution in [-0.2, 0) is 4.74 Å². The van der Waals surface area contributed by atoms with Gasteiger partial charge in [0.15, 0.2) is 5.69 Å². The van der Waals surface area contributed by atoms with Gasteiger partial charge in [0.25, 0.3) is 0 Å². The first kappa shape index (κ1) is 14.9. The van der Waals surface area contributed by atoms with E-state index in [9.17, 15) is 13.6 Å². The van der Waals surface area contributed by atoms with E-state index in [2.05, 4.69) is 15.0 Å². The van der Waals surface area contributed by atoms with Crippen LogP contribution in [0.25, 0.3) is 10.9 Å². The Kier molecular flexibility index (Phi) is 3.89. The van der Waals surface area contributed by atoms with Crippen LogP contribution in [0.2, 0.25) is 0 Å². The largest absolute Gasteiger partial charge is 0.464 e. The zero-order valence-electron chi connectivity index (χ0n) is 12.1. The maximum atomic E-state index is 13.9. The molecule has 0 saturated carbocycles. The first-order chi connectivity index (χ1) is 11.1. The van der Waals surface area contributed by atoms with Gasteiger partial charge >= 0.3 is 5.97 Å². The van der Waals surface area contributed by atoms with Crippen molar-refractivity contribution >= 4 is 28.2 Å². The molecule has 116 valence electrons. The van der Waals surface area contributed by atoms with Gasteiger partial charge in [-0.15, -0.1) is 0 Å². The standard InChI is InChI=1S/C17H12F2N2O2/c1-23-17(22)16-9-15(11-4-2-3-5-13(11)20-16)21-14-7-6-10(18)8-12(14)19/h2-9H,1H3,(H,20,21). The number of carbonyl (C=O) groups excluding carboxylic acids is 1. The number of pyridine rings is 1. The summed E-state index contributed by atoms with van der Waals surface area (Å²) in [7, 11) is 1.26. The van der Waals surface area contributed by atoms with Crippen LogP contribution in [0.4, 0.5) is 20.2 Å². The Labute approximate surface area is 130 Å². The van der Waals surface area contributed by atoms with Crippen molar-refractivity contribution in [1.29, 1.82) is 0 Å². The van der Waals surface area contributed by atoms with Crippen LogP contribution in [0, 0.1) is 11.6 Å². The maximum Gasteiger partial charge on any atom is 0.356 e. The van der Waals surface area contributed by atoms with Crippen molar-refractivity contribution in [2.24, 2.45) is 0 Å². The van der Waals surface area contributed by atoms with Gasteiger partial charge < -0.3 is 10.1 Å². The average molecular weight is 314 g/mol. The molecular formula is C17H12F2N2O2. The Balaban J connectivity index is 2.13. The smallest absolute Gasteiger partial charge is 0.356 e. The van der Waals surface area contributed by atoms with Gasteiger partial charge in [-0.25, -0.2) is 18.6 Å². The van der Waals surface area contributed by atoms with Crippen LogP contribution in [0.1, 0.15) is 10.5 Å². The fourth-order valence-corrected chi connectivity index (χ4v) is 2.22. The lowest BCUT2D eigenvalue weighted by molar-refractivity contribution is 0.0594. The first-order valence-electron chi connectivity index (χ1n) is 6.78. The number of para-hydroxylation sites is 1. The molecule has 0 spiro atoms. The number of nitrogens with one attached hydrogen (secondary N) is 1. The highest BCUT2D eigenvalue weighted by atomic mass is 19.1. The third kappa shape index (κ3) is 2.96. The minimum atomic E-state index is -0.731. The highest BCUT2D eigenvalue weighted by Gasteiger charge is 2.13. The molecule has 4 nitrogen and oxygen atoms in total. The third-order valence-electron chi connectivity index (χ3n) is 3.31. The fourth-order valence-electron chi connectivity index (χ4n) is 2.22. The molecule has 6 heteroatoms. The van der Waals surface area contributed by atoms with Gasteiger partial charge in [-0.1, -0.05) is 18.2 Å². The predicted molar refractivity (Wildman–Crippen MR) is 82.7 cm³/mol. The maximum absolute atomic E-state index is 13.9. The average Bonchev–Trinajstić information content (AvgIpc) is 2.56. The van der Waals surface area contributed by atoms with Gasteiger partial charge in [0.2, 0.25) is 0 Å². The lowest BCUT2D eigenvalue weighted by atomic mass is 10.1. The molecule has 0 bridgehead atoms. The van der Waals surface area contributed by atoms with Crippen LogP contribution in [0.3, 0.4) is 0 Å². The van der Waals surface area contributed by atoms with Gasteiger partial charge in [0.1, 0.15) is 11.6 Å². The number of ether oxygens (including phenoxy) is 1. The number of hydrogen-bond donors (Lipinski definition) is 1. The van der Waals surface area contributed by atoms with Crippen molar-refractivity contribution in [3.8, 4) is 0 Å². The number of benzene rings is 2. The van der Waals surface area contributed by atoms with Crippen molar-refractivity contribution in [2.75, 3.05) is 12.4 Å². The summed E-state index contributed by atoms with van der Waals surface area (Å²) in [5.74, 6) is -1.99. The Bertz CT molecular complexity index is 897. The number of rotatable bonds is 3. The van der Waals surface area contributed by atoms with Gasteiger partial charge in [-0.05, 0) is 24.3 Å². The summed E-state index contributed by atoms with van der Waals surface area (Å²) in [6.07, 6.45) is 0. The number of methoxy groups -OCH3 is 1. The summed E-state index contributed by atoms with van der Waals surface area (Å²) < 4.78 is 31.5. The van der Waals surface area contributed by atoms with Crippen LogP contribution in [0.5, 0.6) is 0 Å². The number of halogens is 2. The van der Waals surface area contributed by atoms with E-state index in [1.54, 1.807) is 24.3 Å². The molecule has 0 aliphatic heterocycles. The molecule has 23 heavy (non-hydrogen) atoms. The van der Waals surface area contributed by atoms with E-state index < -0.39 is 17.6 Å². The second kappa shape index (κ2) is 6.00. The summed E-state index contributed by atoms with van der Waals surface area (Å²) in [6, 6.07) is 11.8. The zero-order chi connectivity index (χ0) is 16.4. The summed E-state index contributed by atoms with van der Waals surface area (Å²) >= 11 is 0. The van der Waals surface area contributed by atoms with Crippen LogP contribution in [0.15, 0.2) is 48.5 Å². The molecule has 0 unspecified atom stereocenters. The molecule has 0 atom stereocenters. The highest BCUT2D eigenvalue weighted by molar-refractivity contribution is 5.98. The number of fused-ring (bicyclic) bond motifs is 1. The number of nitrogens with zero attached hydrogens (tertiary/aromatic N) is 1. The minimum Gasteiger partial charge on any atom is -0.464 e. The first-order valence-corrected chi connectivity index (χ1v) is 6.78. The van der Waals surface area contributed by atoms with Gasteiger partial charge in [-0.2, -0.15) is 0 Å². The number of hydrogen-bond acceptors (Lipinski definition) is 4. The minimum absolute atomic E-state index is 0.0937. The molecule has 3 rings (SSSR count). The van der Waals surface area contributed by atoms with E-state index in [0.717, 1.165) is 12.1 Å². The zero-order valence-corrected chi connectivity index (χ0v) is 12.1. The number of esters is 1. The van der Waals surface area contributed by atoms with E-state index in [4.69, 9.17) is 0 Å². The van der Waals surface area contributed by atoms with E-state index in [1.807, 2.05) is 0 Å². The molecule has 1 N–H and O–H groups in total.